The molecule has 1 amide bonds. The van der Waals surface area contributed by atoms with Crippen LogP contribution in [0.15, 0.2) is 24.3 Å². The normalized spacial score (nSPS) is 30.4. The van der Waals surface area contributed by atoms with Gasteiger partial charge in [-0.15, -0.1) is 0 Å². The summed E-state index contributed by atoms with van der Waals surface area (Å²) in [6.07, 6.45) is 5.66. The second-order valence-corrected chi connectivity index (χ2v) is 8.34. The quantitative estimate of drug-likeness (QED) is 0.770. The first-order valence-electron chi connectivity index (χ1n) is 10.3. The number of amides is 1. The number of rotatable bonds is 6. The highest BCUT2D eigenvalue weighted by atomic mass is 16.5. The van der Waals surface area contributed by atoms with Gasteiger partial charge in [0.15, 0.2) is 0 Å². The molecule has 2 heterocycles. The van der Waals surface area contributed by atoms with Gasteiger partial charge in [0, 0.05) is 40.3 Å². The van der Waals surface area contributed by atoms with Gasteiger partial charge in [-0.1, -0.05) is 24.3 Å². The standard InChI is InChI=1S/C22H32N2O3/c1-26-19-9-10-22(27-2)11-13-24(20(22)14-19)21(25)8-5-12-23-15-17-6-3-4-7-18(17)16-23/h3-4,6-7,19-20H,5,8-16H2,1-2H3/t19-,20-,22+/m0/s1. The monoisotopic (exact) mass is 372 g/mol. The lowest BCUT2D eigenvalue weighted by Gasteiger charge is -2.43. The average Bonchev–Trinajstić information content (AvgIpc) is 3.28. The Morgan fingerprint density at radius 2 is 1.93 bits per heavy atom. The Hall–Kier alpha value is -1.43. The molecule has 2 fully saturated rings. The summed E-state index contributed by atoms with van der Waals surface area (Å²) in [6.45, 7) is 3.83. The minimum absolute atomic E-state index is 0.152. The van der Waals surface area contributed by atoms with Crippen LogP contribution in [0.3, 0.4) is 0 Å². The zero-order chi connectivity index (χ0) is 18.9. The predicted octanol–water partition coefficient (Wildman–Crippen LogP) is 2.97. The highest BCUT2D eigenvalue weighted by Gasteiger charge is 2.52. The summed E-state index contributed by atoms with van der Waals surface area (Å²) in [5, 5.41) is 0. The van der Waals surface area contributed by atoms with Gasteiger partial charge in [-0.05, 0) is 49.8 Å². The van der Waals surface area contributed by atoms with Crippen molar-refractivity contribution in [1.29, 1.82) is 0 Å². The largest absolute Gasteiger partial charge is 0.381 e. The molecule has 148 valence electrons. The molecule has 1 saturated heterocycles. The van der Waals surface area contributed by atoms with Gasteiger partial charge in [0.05, 0.1) is 17.7 Å². The molecule has 4 rings (SSSR count). The number of methoxy groups -OCH3 is 2. The fourth-order valence-corrected chi connectivity index (χ4v) is 5.33. The van der Waals surface area contributed by atoms with Crippen LogP contribution in [-0.4, -0.2) is 60.8 Å². The van der Waals surface area contributed by atoms with Gasteiger partial charge in [0.25, 0.3) is 0 Å². The Morgan fingerprint density at radius 3 is 2.59 bits per heavy atom. The van der Waals surface area contributed by atoms with Crippen LogP contribution in [0.25, 0.3) is 0 Å². The zero-order valence-electron chi connectivity index (χ0n) is 16.7. The molecule has 1 aliphatic carbocycles. The molecule has 0 unspecified atom stereocenters. The number of carbonyl (C=O) groups excluding carboxylic acids is 1. The predicted molar refractivity (Wildman–Crippen MR) is 104 cm³/mol. The van der Waals surface area contributed by atoms with Crippen LogP contribution in [0.1, 0.15) is 49.7 Å². The molecule has 0 aromatic heterocycles. The molecule has 3 atom stereocenters. The molecular weight excluding hydrogens is 340 g/mol. The fraction of sp³-hybridized carbons (Fsp3) is 0.682. The van der Waals surface area contributed by atoms with E-state index < -0.39 is 0 Å². The van der Waals surface area contributed by atoms with Crippen molar-refractivity contribution in [1.82, 2.24) is 9.80 Å². The number of hydrogen-bond donors (Lipinski definition) is 0. The van der Waals surface area contributed by atoms with E-state index >= 15 is 0 Å². The Morgan fingerprint density at radius 1 is 1.19 bits per heavy atom. The van der Waals surface area contributed by atoms with Crippen molar-refractivity contribution in [2.75, 3.05) is 27.3 Å². The van der Waals surface area contributed by atoms with Gasteiger partial charge in [0.2, 0.25) is 5.91 Å². The molecule has 1 aromatic carbocycles. The average molecular weight is 373 g/mol. The fourth-order valence-electron chi connectivity index (χ4n) is 5.33. The van der Waals surface area contributed by atoms with Crippen molar-refractivity contribution in [2.45, 2.75) is 69.4 Å². The number of carbonyl (C=O) groups is 1. The summed E-state index contributed by atoms with van der Waals surface area (Å²) >= 11 is 0. The van der Waals surface area contributed by atoms with Crippen molar-refractivity contribution < 1.29 is 14.3 Å². The van der Waals surface area contributed by atoms with Crippen molar-refractivity contribution in [3.05, 3.63) is 35.4 Å². The third-order valence-corrected chi connectivity index (χ3v) is 6.97. The number of likely N-dealkylation sites (tertiary alicyclic amines) is 1. The van der Waals surface area contributed by atoms with E-state index in [1.807, 2.05) is 0 Å². The van der Waals surface area contributed by atoms with E-state index in [1.54, 1.807) is 14.2 Å². The van der Waals surface area contributed by atoms with Gasteiger partial charge in [-0.25, -0.2) is 0 Å². The van der Waals surface area contributed by atoms with Crippen LogP contribution in [0.5, 0.6) is 0 Å². The third kappa shape index (κ3) is 3.65. The molecule has 3 aliphatic rings. The second kappa shape index (κ2) is 7.90. The molecule has 1 saturated carbocycles. The first-order chi connectivity index (χ1) is 13.1. The van der Waals surface area contributed by atoms with E-state index in [1.165, 1.54) is 11.1 Å². The van der Waals surface area contributed by atoms with Crippen molar-refractivity contribution in [3.8, 4) is 0 Å². The van der Waals surface area contributed by atoms with Crippen LogP contribution in [0.2, 0.25) is 0 Å². The van der Waals surface area contributed by atoms with Gasteiger partial charge in [-0.3, -0.25) is 9.69 Å². The number of nitrogens with zero attached hydrogens (tertiary/aromatic N) is 2. The molecular formula is C22H32N2O3. The molecule has 0 radical (unpaired) electrons. The lowest BCUT2D eigenvalue weighted by molar-refractivity contribution is -0.140. The summed E-state index contributed by atoms with van der Waals surface area (Å²) in [5.74, 6) is 0.285. The lowest BCUT2D eigenvalue weighted by Crippen LogP contribution is -2.53. The Kier molecular flexibility index (Phi) is 5.53. The van der Waals surface area contributed by atoms with Crippen LogP contribution in [0, 0.1) is 0 Å². The summed E-state index contributed by atoms with van der Waals surface area (Å²) in [6, 6.07) is 8.82. The van der Waals surface area contributed by atoms with Crippen molar-refractivity contribution >= 4 is 5.91 Å². The summed E-state index contributed by atoms with van der Waals surface area (Å²) < 4.78 is 11.5. The highest BCUT2D eigenvalue weighted by Crippen LogP contribution is 2.43. The van der Waals surface area contributed by atoms with Gasteiger partial charge in [0.1, 0.15) is 0 Å². The molecule has 2 aliphatic heterocycles. The lowest BCUT2D eigenvalue weighted by atomic mass is 9.79. The number of hydrogen-bond acceptors (Lipinski definition) is 4. The van der Waals surface area contributed by atoms with Crippen LogP contribution in [-0.2, 0) is 27.4 Å². The SMILES string of the molecule is CO[C@H]1CC[C@@]2(OC)CCN(C(=O)CCCN3Cc4ccccc4C3)[C@H]2C1. The maximum atomic E-state index is 13.0. The van der Waals surface area contributed by atoms with Crippen molar-refractivity contribution in [2.24, 2.45) is 0 Å². The molecule has 5 heteroatoms. The minimum Gasteiger partial charge on any atom is -0.381 e. The zero-order valence-corrected chi connectivity index (χ0v) is 16.7. The summed E-state index contributed by atoms with van der Waals surface area (Å²) in [7, 11) is 3.58. The summed E-state index contributed by atoms with van der Waals surface area (Å²) in [5.41, 5.74) is 2.71. The number of benzene rings is 1. The highest BCUT2D eigenvalue weighted by molar-refractivity contribution is 5.77. The first-order valence-corrected chi connectivity index (χ1v) is 10.3. The molecule has 5 nitrogen and oxygen atoms in total. The van der Waals surface area contributed by atoms with Crippen LogP contribution in [0.4, 0.5) is 0 Å². The molecule has 0 bridgehead atoms. The van der Waals surface area contributed by atoms with Crippen LogP contribution >= 0.6 is 0 Å². The smallest absolute Gasteiger partial charge is 0.222 e. The molecule has 27 heavy (non-hydrogen) atoms. The maximum Gasteiger partial charge on any atom is 0.222 e. The minimum atomic E-state index is -0.152. The third-order valence-electron chi connectivity index (χ3n) is 6.97. The topological polar surface area (TPSA) is 42.0 Å². The summed E-state index contributed by atoms with van der Waals surface area (Å²) in [4.78, 5) is 17.5. The van der Waals surface area contributed by atoms with Gasteiger partial charge < -0.3 is 14.4 Å². The van der Waals surface area contributed by atoms with E-state index in [0.717, 1.165) is 58.3 Å². The Balaban J connectivity index is 1.30. The second-order valence-electron chi connectivity index (χ2n) is 8.34. The Labute approximate surface area is 162 Å². The molecule has 0 N–H and O–H groups in total. The number of fused-ring (bicyclic) bond motifs is 2. The van der Waals surface area contributed by atoms with E-state index in [4.69, 9.17) is 9.47 Å². The van der Waals surface area contributed by atoms with Crippen LogP contribution < -0.4 is 0 Å². The molecule has 0 spiro atoms. The van der Waals surface area contributed by atoms with Crippen molar-refractivity contribution in [3.63, 3.8) is 0 Å². The first kappa shape index (κ1) is 18.9. The maximum absolute atomic E-state index is 13.0. The van der Waals surface area contributed by atoms with Gasteiger partial charge >= 0.3 is 0 Å². The van der Waals surface area contributed by atoms with E-state index in [9.17, 15) is 4.79 Å². The number of ether oxygens (including phenoxy) is 2. The Bertz CT molecular complexity index is 654. The van der Waals surface area contributed by atoms with E-state index in [-0.39, 0.29) is 23.7 Å². The van der Waals surface area contributed by atoms with E-state index in [0.29, 0.717) is 6.42 Å². The molecule has 1 aromatic rings. The van der Waals surface area contributed by atoms with E-state index in [2.05, 4.69) is 34.1 Å². The van der Waals surface area contributed by atoms with Gasteiger partial charge in [-0.2, -0.15) is 0 Å².